The van der Waals surface area contributed by atoms with E-state index in [1.165, 1.54) is 97.6 Å². The van der Waals surface area contributed by atoms with Gasteiger partial charge >= 0.3 is 0 Å². The summed E-state index contributed by atoms with van der Waals surface area (Å²) in [5.74, 6) is 6.03. The molecule has 6 aliphatic heterocycles. The highest BCUT2D eigenvalue weighted by Crippen LogP contribution is 2.43. The van der Waals surface area contributed by atoms with E-state index in [-0.39, 0.29) is 5.82 Å². The Kier molecular flexibility index (Phi) is 16.8. The molecule has 12 heterocycles. The Morgan fingerprint density at radius 2 is 1.00 bits per heavy atom. The highest BCUT2D eigenvalue weighted by Gasteiger charge is 2.37. The van der Waals surface area contributed by atoms with Gasteiger partial charge in [0, 0.05) is 124 Å². The number of hydrogen-bond acceptors (Lipinski definition) is 14. The number of tetrazole rings is 1. The predicted molar refractivity (Wildman–Crippen MR) is 395 cm³/mol. The molecule has 4 fully saturated rings. The summed E-state index contributed by atoms with van der Waals surface area (Å²) >= 11 is 0. The minimum Gasteiger partial charge on any atom is -0.372 e. The first-order valence-electron chi connectivity index (χ1n) is 35.7. The summed E-state index contributed by atoms with van der Waals surface area (Å²) in [6.45, 7) is 13.6. The van der Waals surface area contributed by atoms with Gasteiger partial charge in [0.15, 0.2) is 11.6 Å². The maximum atomic E-state index is 13.4. The molecule has 3 saturated heterocycles. The smallest absolute Gasteiger partial charge is 0.203 e. The zero-order chi connectivity index (χ0) is 69.3. The van der Waals surface area contributed by atoms with Gasteiger partial charge in [0.2, 0.25) is 5.82 Å². The molecule has 1 saturated carbocycles. The highest BCUT2D eigenvalue weighted by molar-refractivity contribution is 5.76. The second-order valence-corrected chi connectivity index (χ2v) is 29.4. The van der Waals surface area contributed by atoms with Gasteiger partial charge in [0.1, 0.15) is 18.5 Å². The van der Waals surface area contributed by atoms with Crippen molar-refractivity contribution < 1.29 is 4.39 Å². The zero-order valence-corrected chi connectivity index (χ0v) is 58.3. The van der Waals surface area contributed by atoms with E-state index in [2.05, 4.69) is 217 Å². The highest BCUT2D eigenvalue weighted by atomic mass is 19.1. The molecule has 1 aliphatic carbocycles. The monoisotopic (exact) mass is 1350 g/mol. The predicted octanol–water partition coefficient (Wildman–Crippen LogP) is 13.2. The van der Waals surface area contributed by atoms with E-state index < -0.39 is 0 Å². The molecule has 21 heteroatoms. The lowest BCUT2D eigenvalue weighted by molar-refractivity contribution is 0.285. The second-order valence-electron chi connectivity index (χ2n) is 29.4. The first kappa shape index (κ1) is 64.1. The van der Waals surface area contributed by atoms with Gasteiger partial charge in [-0.2, -0.15) is 20.3 Å². The number of aromatic nitrogens is 13. The molecule has 0 radical (unpaired) electrons. The van der Waals surface area contributed by atoms with Crippen LogP contribution in [0.25, 0.3) is 85.0 Å². The van der Waals surface area contributed by atoms with Gasteiger partial charge in [0.05, 0.1) is 57.4 Å². The third-order valence-electron chi connectivity index (χ3n) is 22.2. The van der Waals surface area contributed by atoms with Gasteiger partial charge in [-0.1, -0.05) is 49.7 Å². The van der Waals surface area contributed by atoms with Gasteiger partial charge in [-0.25, -0.2) is 14.1 Å². The van der Waals surface area contributed by atoms with Crippen LogP contribution in [0.1, 0.15) is 66.8 Å². The topological polar surface area (TPSA) is 184 Å². The molecule has 0 amide bonds. The Morgan fingerprint density at radius 1 is 0.500 bits per heavy atom. The first-order chi connectivity index (χ1) is 49.8. The van der Waals surface area contributed by atoms with E-state index in [1.807, 2.05) is 76.4 Å². The standard InChI is InChI=1S/C28H29N7.C27H29FN6.C26H23N7/c1-32(2)16-21-9-11-33(12-10-21)25-7-8-26-24(13-25)18-34-17-23(22-5-3-20(15-29)4-6-22)14-27(34)28-31-30-19-35(26)28;1-18-12-32(16-22(18)13-31(2)3)24-8-9-25-21(10-24)15-33-14-20(19-4-6-23(28)7-5-19)11-26(33)27-29-17-30-34(25)27;27-12-17-4-6-18(7-5-17)21-11-25-26-28-29-30-33(26)24-9-8-23(10-22(24)16-32(25)15-21)31-13-19-2-1-3-20(19)14-31/h3-8,13-14,17,19,21H,9-12,16,18H2,1-2H3;4-11,14,17-18,22H,12-13,15-16H2,1-3H3;4-11,15,19-20H,1-3,13-14,16H2/t;18-,22-;/m.0./s1. The molecule has 0 bridgehead atoms. The molecule has 6 aromatic heterocycles. The number of hydrogen-bond donors (Lipinski definition) is 0. The first-order valence-corrected chi connectivity index (χ1v) is 35.7. The number of fused-ring (bicyclic) bond motifs is 16. The van der Waals surface area contributed by atoms with Crippen LogP contribution >= 0.6 is 0 Å². The van der Waals surface area contributed by atoms with Gasteiger partial charge in [-0.05, 0) is 236 Å². The Labute approximate surface area is 593 Å². The van der Waals surface area contributed by atoms with E-state index in [9.17, 15) is 4.39 Å². The summed E-state index contributed by atoms with van der Waals surface area (Å²) in [7, 11) is 8.64. The van der Waals surface area contributed by atoms with E-state index in [0.717, 1.165) is 155 Å². The Bertz CT molecular complexity index is 5140. The molecule has 6 aromatic carbocycles. The lowest BCUT2D eigenvalue weighted by atomic mass is 9.96. The van der Waals surface area contributed by atoms with E-state index >= 15 is 0 Å². The number of nitriles is 2. The van der Waals surface area contributed by atoms with Crippen LogP contribution in [0.5, 0.6) is 0 Å². The van der Waals surface area contributed by atoms with Crippen LogP contribution in [-0.2, 0) is 19.6 Å². The van der Waals surface area contributed by atoms with Crippen LogP contribution in [0.3, 0.4) is 0 Å². The molecule has 102 heavy (non-hydrogen) atoms. The minimum absolute atomic E-state index is 0.227. The van der Waals surface area contributed by atoms with Crippen LogP contribution in [0.4, 0.5) is 21.5 Å². The minimum atomic E-state index is -0.227. The van der Waals surface area contributed by atoms with Crippen molar-refractivity contribution in [3.63, 3.8) is 0 Å². The normalized spacial score (nSPS) is 18.3. The quantitative estimate of drug-likeness (QED) is 0.126. The molecule has 0 spiro atoms. The van der Waals surface area contributed by atoms with Crippen molar-refractivity contribution in [3.05, 3.63) is 210 Å². The summed E-state index contributed by atoms with van der Waals surface area (Å²) in [6, 6.07) is 53.2. The summed E-state index contributed by atoms with van der Waals surface area (Å²) in [4.78, 5) is 16.8. The molecule has 19 rings (SSSR count). The summed E-state index contributed by atoms with van der Waals surface area (Å²) in [5.41, 5.74) is 21.6. The van der Waals surface area contributed by atoms with Crippen molar-refractivity contribution >= 4 is 17.1 Å². The number of benzene rings is 6. The van der Waals surface area contributed by atoms with Crippen LogP contribution in [0.2, 0.25) is 0 Å². The maximum absolute atomic E-state index is 13.4. The maximum Gasteiger partial charge on any atom is 0.203 e. The van der Waals surface area contributed by atoms with Gasteiger partial charge < -0.3 is 38.2 Å². The Morgan fingerprint density at radius 3 is 1.56 bits per heavy atom. The van der Waals surface area contributed by atoms with Gasteiger partial charge in [-0.15, -0.1) is 15.3 Å². The molecule has 20 nitrogen and oxygen atoms in total. The van der Waals surface area contributed by atoms with Gasteiger partial charge in [0.25, 0.3) is 0 Å². The fraction of sp³-hybridized carbons (Fsp3) is 0.321. The summed E-state index contributed by atoms with van der Waals surface area (Å²) < 4.78 is 26.1. The SMILES string of the molecule is CN(C)CC1CCN(c2ccc3c(c2)Cn2cc(-c4ccc(C#N)cc4)cc2-c2nncn2-3)CC1.C[C@H]1CN(c2ccc3c(c2)Cn2cc(-c4ccc(F)cc4)cc2-c2ncnn2-3)C[C@@H]1CN(C)C.N#Cc1ccc(-c2cc3n(c2)Cc2cc(N4CC5CCCC5C4)ccc2-n2nnnc2-3)cc1. The Balaban J connectivity index is 0.000000114. The fourth-order valence-corrected chi connectivity index (χ4v) is 16.9. The number of rotatable bonds is 10. The molecular weight excluding hydrogens is 1270 g/mol. The average molecular weight is 1350 g/mol. The number of anilines is 3. The lowest BCUT2D eigenvalue weighted by Crippen LogP contribution is -2.37. The van der Waals surface area contributed by atoms with E-state index in [4.69, 9.17) is 10.5 Å². The van der Waals surface area contributed by atoms with Crippen molar-refractivity contribution in [2.75, 3.05) is 95.2 Å². The third-order valence-corrected chi connectivity index (χ3v) is 22.2. The molecule has 12 aromatic rings. The molecule has 7 aliphatic rings. The second kappa shape index (κ2) is 26.7. The zero-order valence-electron chi connectivity index (χ0n) is 58.3. The largest absolute Gasteiger partial charge is 0.372 e. The summed E-state index contributed by atoms with van der Waals surface area (Å²) in [5, 5.41) is 44.2. The number of halogens is 1. The van der Waals surface area contributed by atoms with Crippen molar-refractivity contribution in [1.82, 2.24) is 73.2 Å². The van der Waals surface area contributed by atoms with Crippen molar-refractivity contribution in [2.45, 2.75) is 58.7 Å². The lowest BCUT2D eigenvalue weighted by Gasteiger charge is -2.35. The van der Waals surface area contributed by atoms with Crippen molar-refractivity contribution in [1.29, 1.82) is 10.5 Å². The molecular formula is C81H81FN20. The van der Waals surface area contributed by atoms with E-state index in [1.54, 1.807) is 6.33 Å². The van der Waals surface area contributed by atoms with Crippen LogP contribution < -0.4 is 14.7 Å². The summed E-state index contributed by atoms with van der Waals surface area (Å²) in [6.07, 6.45) is 16.5. The van der Waals surface area contributed by atoms with Crippen LogP contribution in [-0.4, -0.2) is 154 Å². The molecule has 2 unspecified atom stereocenters. The van der Waals surface area contributed by atoms with Crippen LogP contribution in [0, 0.1) is 58.1 Å². The molecule has 0 N–H and O–H groups in total. The Hall–Kier alpha value is -11.3. The van der Waals surface area contributed by atoms with Crippen molar-refractivity contribution in [2.24, 2.45) is 29.6 Å². The average Bonchev–Trinajstić information content (AvgIpc) is 1.60. The number of piperidine rings is 1. The third kappa shape index (κ3) is 12.3. The van der Waals surface area contributed by atoms with Crippen LogP contribution in [0.15, 0.2) is 177 Å². The van der Waals surface area contributed by atoms with Gasteiger partial charge in [-0.3, -0.25) is 4.57 Å². The fourth-order valence-electron chi connectivity index (χ4n) is 16.9. The molecule has 4 atom stereocenters. The molecule has 512 valence electrons. The van der Waals surface area contributed by atoms with Crippen molar-refractivity contribution in [3.8, 4) is 97.1 Å². The number of nitrogens with zero attached hydrogens (tertiary/aromatic N) is 20. The van der Waals surface area contributed by atoms with E-state index in [0.29, 0.717) is 23.0 Å².